The third-order valence-corrected chi connectivity index (χ3v) is 5.47. The molecular formula is C23H25FN4O. The second kappa shape index (κ2) is 8.17. The summed E-state index contributed by atoms with van der Waals surface area (Å²) >= 11 is 0. The first-order valence-electron chi connectivity index (χ1n) is 9.96. The zero-order valence-corrected chi connectivity index (χ0v) is 16.7. The van der Waals surface area contributed by atoms with E-state index in [1.807, 2.05) is 38.1 Å². The number of aryl methyl sites for hydroxylation is 2. The van der Waals surface area contributed by atoms with Gasteiger partial charge in [0.2, 0.25) is 0 Å². The number of nitrogens with one attached hydrogen (secondary N) is 2. The minimum absolute atomic E-state index is 0.182. The van der Waals surface area contributed by atoms with Gasteiger partial charge in [-0.05, 0) is 75.2 Å². The van der Waals surface area contributed by atoms with E-state index in [0.29, 0.717) is 11.3 Å². The average molecular weight is 392 g/mol. The second-order valence-electron chi connectivity index (χ2n) is 7.63. The number of rotatable bonds is 4. The quantitative estimate of drug-likeness (QED) is 0.694. The normalized spacial score (nSPS) is 14.7. The highest BCUT2D eigenvalue weighted by molar-refractivity contribution is 6.05. The predicted molar refractivity (Wildman–Crippen MR) is 112 cm³/mol. The van der Waals surface area contributed by atoms with Gasteiger partial charge in [0, 0.05) is 11.6 Å². The van der Waals surface area contributed by atoms with Crippen molar-refractivity contribution in [1.82, 2.24) is 15.1 Å². The van der Waals surface area contributed by atoms with Gasteiger partial charge in [0.1, 0.15) is 5.82 Å². The maximum atomic E-state index is 13.8. The molecule has 0 unspecified atom stereocenters. The van der Waals surface area contributed by atoms with E-state index in [-0.39, 0.29) is 17.6 Å². The van der Waals surface area contributed by atoms with Crippen LogP contribution in [0.2, 0.25) is 0 Å². The molecule has 0 aliphatic carbocycles. The van der Waals surface area contributed by atoms with Gasteiger partial charge in [-0.1, -0.05) is 18.2 Å². The average Bonchev–Trinajstić information content (AvgIpc) is 3.17. The number of hydrogen-bond donors (Lipinski definition) is 2. The maximum absolute atomic E-state index is 13.8. The number of anilines is 1. The lowest BCUT2D eigenvalue weighted by Gasteiger charge is -2.24. The van der Waals surface area contributed by atoms with Gasteiger partial charge in [-0.3, -0.25) is 4.79 Å². The van der Waals surface area contributed by atoms with Crippen LogP contribution in [0.3, 0.4) is 0 Å². The number of amides is 1. The van der Waals surface area contributed by atoms with Gasteiger partial charge in [0.05, 0.1) is 23.1 Å². The summed E-state index contributed by atoms with van der Waals surface area (Å²) in [4.78, 5) is 13.2. The number of nitrogens with zero attached hydrogens (tertiary/aromatic N) is 2. The highest BCUT2D eigenvalue weighted by Gasteiger charge is 2.27. The number of aromatic nitrogens is 2. The third-order valence-electron chi connectivity index (χ3n) is 5.47. The largest absolute Gasteiger partial charge is 0.322 e. The van der Waals surface area contributed by atoms with Crippen LogP contribution >= 0.6 is 0 Å². The first-order chi connectivity index (χ1) is 14.0. The molecule has 2 aromatic carbocycles. The Labute approximate surface area is 169 Å². The van der Waals surface area contributed by atoms with Crippen molar-refractivity contribution in [2.75, 3.05) is 18.4 Å². The molecule has 1 aromatic heterocycles. The summed E-state index contributed by atoms with van der Waals surface area (Å²) in [5.41, 5.74) is 4.90. The predicted octanol–water partition coefficient (Wildman–Crippen LogP) is 4.35. The molecule has 0 bridgehead atoms. The van der Waals surface area contributed by atoms with Crippen molar-refractivity contribution in [2.45, 2.75) is 32.6 Å². The summed E-state index contributed by atoms with van der Waals surface area (Å²) in [6, 6.07) is 12.3. The van der Waals surface area contributed by atoms with Gasteiger partial charge in [-0.25, -0.2) is 9.07 Å². The zero-order valence-electron chi connectivity index (χ0n) is 16.7. The van der Waals surface area contributed by atoms with Crippen molar-refractivity contribution in [2.24, 2.45) is 0 Å². The highest BCUT2D eigenvalue weighted by atomic mass is 19.1. The zero-order chi connectivity index (χ0) is 20.4. The first-order valence-corrected chi connectivity index (χ1v) is 9.96. The molecule has 1 aliphatic heterocycles. The fraction of sp³-hybridized carbons (Fsp3) is 0.304. The molecular weight excluding hydrogens is 367 g/mol. The fourth-order valence-electron chi connectivity index (χ4n) is 3.89. The Balaban J connectivity index is 1.74. The standard InChI is InChI=1S/C23H25FN4O/c1-15-6-7-16(2)21(12-15)27-23(29)20-14-26-28(19-5-3-4-18(24)13-19)22(20)17-8-10-25-11-9-17/h3-7,12-14,17,25H,8-11H2,1-2H3,(H,27,29). The Morgan fingerprint density at radius 3 is 2.72 bits per heavy atom. The third kappa shape index (κ3) is 4.07. The number of carbonyl (C=O) groups is 1. The summed E-state index contributed by atoms with van der Waals surface area (Å²) in [5.74, 6) is -0.327. The van der Waals surface area contributed by atoms with Gasteiger partial charge in [-0.15, -0.1) is 0 Å². The Kier molecular flexibility index (Phi) is 5.45. The SMILES string of the molecule is Cc1ccc(C)c(NC(=O)c2cnn(-c3cccc(F)c3)c2C2CCNCC2)c1. The van der Waals surface area contributed by atoms with Gasteiger partial charge < -0.3 is 10.6 Å². The van der Waals surface area contributed by atoms with Crippen LogP contribution in [0.4, 0.5) is 10.1 Å². The smallest absolute Gasteiger partial charge is 0.259 e. The molecule has 0 radical (unpaired) electrons. The van der Waals surface area contributed by atoms with Crippen LogP contribution in [0.25, 0.3) is 5.69 Å². The fourth-order valence-corrected chi connectivity index (χ4v) is 3.89. The lowest BCUT2D eigenvalue weighted by atomic mass is 9.91. The summed E-state index contributed by atoms with van der Waals surface area (Å²) < 4.78 is 15.6. The van der Waals surface area contributed by atoms with Crippen LogP contribution in [0.1, 0.15) is 45.9 Å². The van der Waals surface area contributed by atoms with Gasteiger partial charge >= 0.3 is 0 Å². The summed E-state index contributed by atoms with van der Waals surface area (Å²) in [6.07, 6.45) is 3.41. The van der Waals surface area contributed by atoms with Crippen molar-refractivity contribution >= 4 is 11.6 Å². The molecule has 4 rings (SSSR count). The van der Waals surface area contributed by atoms with Crippen LogP contribution in [0.5, 0.6) is 0 Å². The maximum Gasteiger partial charge on any atom is 0.259 e. The Hall–Kier alpha value is -2.99. The van der Waals surface area contributed by atoms with E-state index in [4.69, 9.17) is 0 Å². The van der Waals surface area contributed by atoms with E-state index >= 15 is 0 Å². The second-order valence-corrected chi connectivity index (χ2v) is 7.63. The Morgan fingerprint density at radius 1 is 1.17 bits per heavy atom. The lowest BCUT2D eigenvalue weighted by molar-refractivity contribution is 0.102. The molecule has 1 fully saturated rings. The monoisotopic (exact) mass is 392 g/mol. The number of benzene rings is 2. The molecule has 6 heteroatoms. The minimum Gasteiger partial charge on any atom is -0.322 e. The van der Waals surface area contributed by atoms with Crippen LogP contribution in [0.15, 0.2) is 48.7 Å². The van der Waals surface area contributed by atoms with Crippen LogP contribution in [-0.4, -0.2) is 28.8 Å². The van der Waals surface area contributed by atoms with Gasteiger partial charge in [-0.2, -0.15) is 5.10 Å². The molecule has 2 N–H and O–H groups in total. The molecule has 0 atom stereocenters. The van der Waals surface area contributed by atoms with Crippen molar-refractivity contribution in [3.05, 3.63) is 76.9 Å². The molecule has 1 aliphatic rings. The van der Waals surface area contributed by atoms with E-state index in [1.165, 1.54) is 12.1 Å². The van der Waals surface area contributed by atoms with Crippen molar-refractivity contribution in [3.63, 3.8) is 0 Å². The molecule has 1 amide bonds. The van der Waals surface area contributed by atoms with E-state index in [2.05, 4.69) is 15.7 Å². The molecule has 3 aromatic rings. The van der Waals surface area contributed by atoms with E-state index in [9.17, 15) is 9.18 Å². The van der Waals surface area contributed by atoms with Crippen LogP contribution in [0, 0.1) is 19.7 Å². The van der Waals surface area contributed by atoms with Crippen LogP contribution < -0.4 is 10.6 Å². The Morgan fingerprint density at radius 2 is 1.97 bits per heavy atom. The number of halogens is 1. The number of hydrogen-bond acceptors (Lipinski definition) is 3. The van der Waals surface area contributed by atoms with Gasteiger partial charge in [0.25, 0.3) is 5.91 Å². The number of carbonyl (C=O) groups excluding carboxylic acids is 1. The molecule has 0 spiro atoms. The van der Waals surface area contributed by atoms with Crippen molar-refractivity contribution < 1.29 is 9.18 Å². The molecule has 150 valence electrons. The summed E-state index contributed by atoms with van der Waals surface area (Å²) in [7, 11) is 0. The highest BCUT2D eigenvalue weighted by Crippen LogP contribution is 2.31. The summed E-state index contributed by atoms with van der Waals surface area (Å²) in [6.45, 7) is 5.74. The molecule has 5 nitrogen and oxygen atoms in total. The van der Waals surface area contributed by atoms with Crippen molar-refractivity contribution in [3.8, 4) is 5.69 Å². The first kappa shape index (κ1) is 19.3. The molecule has 0 saturated carbocycles. The molecule has 2 heterocycles. The molecule has 29 heavy (non-hydrogen) atoms. The van der Waals surface area contributed by atoms with E-state index in [1.54, 1.807) is 16.9 Å². The lowest BCUT2D eigenvalue weighted by Crippen LogP contribution is -2.29. The van der Waals surface area contributed by atoms with E-state index < -0.39 is 0 Å². The van der Waals surface area contributed by atoms with Crippen LogP contribution in [-0.2, 0) is 0 Å². The van der Waals surface area contributed by atoms with Crippen molar-refractivity contribution in [1.29, 1.82) is 0 Å². The van der Waals surface area contributed by atoms with E-state index in [0.717, 1.165) is 48.4 Å². The summed E-state index contributed by atoms with van der Waals surface area (Å²) in [5, 5.41) is 10.9. The number of piperidine rings is 1. The van der Waals surface area contributed by atoms with Gasteiger partial charge in [0.15, 0.2) is 0 Å². The topological polar surface area (TPSA) is 59.0 Å². The Bertz CT molecular complexity index is 1040. The minimum atomic E-state index is -0.323. The molecule has 1 saturated heterocycles.